The first-order chi connectivity index (χ1) is 13.0. The molecule has 1 aliphatic heterocycles. The van der Waals surface area contributed by atoms with Crippen molar-refractivity contribution >= 4 is 17.4 Å². The summed E-state index contributed by atoms with van der Waals surface area (Å²) in [4.78, 5) is 24.8. The molecule has 1 N–H and O–H groups in total. The zero-order chi connectivity index (χ0) is 18.7. The van der Waals surface area contributed by atoms with Crippen LogP contribution in [0.4, 0.5) is 0 Å². The van der Waals surface area contributed by atoms with Gasteiger partial charge in [0.05, 0.1) is 11.8 Å². The maximum atomic E-state index is 12.4. The zero-order valence-corrected chi connectivity index (χ0v) is 15.4. The Balaban J connectivity index is 1.74. The Morgan fingerprint density at radius 3 is 1.52 bits per heavy atom. The van der Waals surface area contributed by atoms with Crippen molar-refractivity contribution in [2.24, 2.45) is 23.7 Å². The molecule has 3 nitrogen and oxygen atoms in total. The minimum absolute atomic E-state index is 0.00376. The molecule has 2 bridgehead atoms. The highest BCUT2D eigenvalue weighted by atomic mass is 16.2. The highest BCUT2D eigenvalue weighted by Gasteiger charge is 2.59. The van der Waals surface area contributed by atoms with E-state index in [1.54, 1.807) is 0 Å². The minimum Gasteiger partial charge on any atom is -0.296 e. The van der Waals surface area contributed by atoms with Crippen LogP contribution < -0.4 is 5.32 Å². The van der Waals surface area contributed by atoms with E-state index in [9.17, 15) is 9.59 Å². The van der Waals surface area contributed by atoms with Crippen LogP contribution in [0, 0.1) is 37.5 Å². The predicted octanol–water partition coefficient (Wildman–Crippen LogP) is 3.81. The monoisotopic (exact) mass is 355 g/mol. The van der Waals surface area contributed by atoms with Crippen molar-refractivity contribution in [3.8, 4) is 0 Å². The van der Waals surface area contributed by atoms with Gasteiger partial charge in [-0.1, -0.05) is 71.8 Å². The molecule has 1 heterocycles. The van der Waals surface area contributed by atoms with Gasteiger partial charge in [0.25, 0.3) is 0 Å². The van der Waals surface area contributed by atoms with Crippen LogP contribution in [0.3, 0.4) is 0 Å². The molecule has 0 aromatic heterocycles. The average Bonchev–Trinajstić information content (AvgIpc) is 3.30. The van der Waals surface area contributed by atoms with Gasteiger partial charge in [-0.25, -0.2) is 0 Å². The Kier molecular flexibility index (Phi) is 3.48. The summed E-state index contributed by atoms with van der Waals surface area (Å²) in [7, 11) is 0. The number of hydrogen-bond donors (Lipinski definition) is 1. The third kappa shape index (κ3) is 2.34. The average molecular weight is 355 g/mol. The van der Waals surface area contributed by atoms with Crippen molar-refractivity contribution < 1.29 is 9.59 Å². The van der Waals surface area contributed by atoms with Crippen LogP contribution in [0.2, 0.25) is 0 Å². The molecular formula is C24H21NO2. The van der Waals surface area contributed by atoms with Gasteiger partial charge in [0.2, 0.25) is 11.8 Å². The summed E-state index contributed by atoms with van der Waals surface area (Å²) in [5, 5.41) is 2.53. The SMILES string of the molecule is Cc1ccc(C(=C2[C@@H]3C=C[C@@H]2[C@@H]2C(=O)NC(=O)[C@H]23)c2ccc(C)cc2)cc1. The minimum atomic E-state index is -0.256. The number of nitrogens with one attached hydrogen (secondary N) is 1. The summed E-state index contributed by atoms with van der Waals surface area (Å²) < 4.78 is 0. The number of amides is 2. The third-order valence-corrected chi connectivity index (χ3v) is 6.23. The third-order valence-electron chi connectivity index (χ3n) is 6.23. The van der Waals surface area contributed by atoms with Gasteiger partial charge in [-0.05, 0) is 36.1 Å². The molecule has 2 aromatic rings. The number of rotatable bonds is 2. The van der Waals surface area contributed by atoms with E-state index < -0.39 is 0 Å². The van der Waals surface area contributed by atoms with E-state index in [1.165, 1.54) is 22.3 Å². The van der Waals surface area contributed by atoms with Gasteiger partial charge in [-0.3, -0.25) is 14.9 Å². The summed E-state index contributed by atoms with van der Waals surface area (Å²) in [6, 6.07) is 17.1. The van der Waals surface area contributed by atoms with E-state index in [4.69, 9.17) is 0 Å². The fourth-order valence-electron chi connectivity index (χ4n) is 4.96. The number of carbonyl (C=O) groups is 2. The lowest BCUT2D eigenvalue weighted by molar-refractivity contribution is -0.126. The van der Waals surface area contributed by atoms with Crippen LogP contribution >= 0.6 is 0 Å². The quantitative estimate of drug-likeness (QED) is 0.658. The molecule has 2 aliphatic carbocycles. The molecule has 3 heteroatoms. The number of aryl methyl sites for hydroxylation is 2. The maximum absolute atomic E-state index is 12.4. The van der Waals surface area contributed by atoms with Crippen molar-refractivity contribution in [3.05, 3.63) is 88.5 Å². The summed E-state index contributed by atoms with van der Waals surface area (Å²) >= 11 is 0. The second-order valence-corrected chi connectivity index (χ2v) is 7.90. The van der Waals surface area contributed by atoms with Gasteiger partial charge in [0.1, 0.15) is 0 Å². The van der Waals surface area contributed by atoms with Crippen molar-refractivity contribution in [2.75, 3.05) is 0 Å². The first kappa shape index (κ1) is 16.2. The number of hydrogen-bond acceptors (Lipinski definition) is 2. The second-order valence-electron chi connectivity index (χ2n) is 7.90. The van der Waals surface area contributed by atoms with Crippen molar-refractivity contribution in [1.29, 1.82) is 0 Å². The smallest absolute Gasteiger partial charge is 0.231 e. The van der Waals surface area contributed by atoms with Crippen molar-refractivity contribution in [3.63, 3.8) is 0 Å². The van der Waals surface area contributed by atoms with Crippen LogP contribution in [0.5, 0.6) is 0 Å². The first-order valence-corrected chi connectivity index (χ1v) is 9.46. The lowest BCUT2D eigenvalue weighted by Gasteiger charge is -2.18. The van der Waals surface area contributed by atoms with Crippen LogP contribution in [0.15, 0.2) is 66.3 Å². The fourth-order valence-corrected chi connectivity index (χ4v) is 4.96. The molecule has 2 fully saturated rings. The topological polar surface area (TPSA) is 46.2 Å². The Bertz CT molecular complexity index is 932. The second kappa shape index (κ2) is 5.78. The molecule has 4 atom stereocenters. The largest absolute Gasteiger partial charge is 0.296 e. The van der Waals surface area contributed by atoms with Crippen LogP contribution in [0.1, 0.15) is 22.3 Å². The molecule has 1 saturated heterocycles. The summed E-state index contributed by atoms with van der Waals surface area (Å²) in [6.45, 7) is 4.16. The molecule has 5 rings (SSSR count). The Hall–Kier alpha value is -2.94. The molecule has 2 amide bonds. The number of fused-ring (bicyclic) bond motifs is 5. The summed E-state index contributed by atoms with van der Waals surface area (Å²) in [6.07, 6.45) is 4.25. The molecule has 0 unspecified atom stereocenters. The van der Waals surface area contributed by atoms with E-state index in [1.807, 2.05) is 0 Å². The van der Waals surface area contributed by atoms with E-state index in [0.717, 1.165) is 11.1 Å². The Morgan fingerprint density at radius 2 is 1.11 bits per heavy atom. The number of benzene rings is 2. The van der Waals surface area contributed by atoms with E-state index in [2.05, 4.69) is 79.8 Å². The highest BCUT2D eigenvalue weighted by Crippen LogP contribution is 2.56. The number of allylic oxidation sites excluding steroid dienone is 3. The van der Waals surface area contributed by atoms with E-state index in [-0.39, 0.29) is 35.5 Å². The highest BCUT2D eigenvalue weighted by molar-refractivity contribution is 6.08. The molecule has 3 aliphatic rings. The van der Waals surface area contributed by atoms with Crippen molar-refractivity contribution in [2.45, 2.75) is 13.8 Å². The fraction of sp³-hybridized carbons (Fsp3) is 0.250. The number of imide groups is 1. The molecule has 0 radical (unpaired) electrons. The van der Waals surface area contributed by atoms with Gasteiger partial charge < -0.3 is 0 Å². The van der Waals surface area contributed by atoms with Gasteiger partial charge in [0.15, 0.2) is 0 Å². The van der Waals surface area contributed by atoms with E-state index in [0.29, 0.717) is 0 Å². The Labute approximate surface area is 158 Å². The molecule has 27 heavy (non-hydrogen) atoms. The van der Waals surface area contributed by atoms with Gasteiger partial charge in [-0.15, -0.1) is 0 Å². The normalized spacial score (nSPS) is 27.9. The Morgan fingerprint density at radius 1 is 0.704 bits per heavy atom. The van der Waals surface area contributed by atoms with Crippen LogP contribution in [-0.4, -0.2) is 11.8 Å². The summed E-state index contributed by atoms with van der Waals surface area (Å²) in [5.41, 5.74) is 7.11. The predicted molar refractivity (Wildman–Crippen MR) is 105 cm³/mol. The zero-order valence-electron chi connectivity index (χ0n) is 15.4. The lowest BCUT2D eigenvalue weighted by atomic mass is 9.85. The van der Waals surface area contributed by atoms with E-state index >= 15 is 0 Å². The number of carbonyl (C=O) groups excluding carboxylic acids is 2. The maximum Gasteiger partial charge on any atom is 0.231 e. The van der Waals surface area contributed by atoms with Crippen molar-refractivity contribution in [1.82, 2.24) is 5.32 Å². The van der Waals surface area contributed by atoms with Crippen LogP contribution in [-0.2, 0) is 9.59 Å². The molecular weight excluding hydrogens is 334 g/mol. The molecule has 0 spiro atoms. The van der Waals surface area contributed by atoms with Crippen LogP contribution in [0.25, 0.3) is 5.57 Å². The van der Waals surface area contributed by atoms with Gasteiger partial charge >= 0.3 is 0 Å². The molecule has 1 saturated carbocycles. The lowest BCUT2D eigenvalue weighted by Crippen LogP contribution is -2.26. The molecule has 2 aromatic carbocycles. The molecule has 134 valence electrons. The van der Waals surface area contributed by atoms with Gasteiger partial charge in [-0.2, -0.15) is 0 Å². The standard InChI is InChI=1S/C24H21NO2/c1-13-3-7-15(8-4-13)19(16-9-5-14(2)6-10-16)20-17-11-12-18(20)22-21(17)23(26)25-24(22)27/h3-12,17-18,21-22H,1-2H3,(H,25,26,27)/t17-,18-,21-,22-/m0/s1. The van der Waals surface area contributed by atoms with Gasteiger partial charge in [0, 0.05) is 11.8 Å². The first-order valence-electron chi connectivity index (χ1n) is 9.46. The summed E-state index contributed by atoms with van der Waals surface area (Å²) in [5.74, 6) is -0.743.